The highest BCUT2D eigenvalue weighted by molar-refractivity contribution is 6.03. The van der Waals surface area contributed by atoms with Crippen LogP contribution in [0.15, 0.2) is 24.3 Å². The van der Waals surface area contributed by atoms with Gasteiger partial charge < -0.3 is 20.7 Å². The Hall–Kier alpha value is -3.76. The lowest BCUT2D eigenvalue weighted by molar-refractivity contribution is -0.142. The van der Waals surface area contributed by atoms with Crippen molar-refractivity contribution in [2.45, 2.75) is 66.2 Å². The van der Waals surface area contributed by atoms with Gasteiger partial charge in [0.15, 0.2) is 0 Å². The molecular weight excluding hydrogens is 468 g/mol. The highest BCUT2D eigenvalue weighted by atomic mass is 16.5. The first-order valence-corrected chi connectivity index (χ1v) is 11.9. The second-order valence-electron chi connectivity index (χ2n) is 9.22. The predicted octanol–water partition coefficient (Wildman–Crippen LogP) is 1.12. The summed E-state index contributed by atoms with van der Waals surface area (Å²) in [5.41, 5.74) is 1.26. The van der Waals surface area contributed by atoms with Crippen LogP contribution in [0, 0.1) is 11.8 Å². The molecule has 11 heteroatoms. The van der Waals surface area contributed by atoms with Gasteiger partial charge in [-0.05, 0) is 30.5 Å². The first-order chi connectivity index (χ1) is 16.9. The first-order valence-electron chi connectivity index (χ1n) is 11.9. The SMILES string of the molecule is CC(=O)OCc1ccc(NC(=O)C(C)NC(=O)C(NC(=O)CCN2C(=O)CC(C)C2=O)C(C)C)cc1. The van der Waals surface area contributed by atoms with Crippen molar-refractivity contribution in [2.24, 2.45) is 11.8 Å². The number of benzene rings is 1. The van der Waals surface area contributed by atoms with Gasteiger partial charge in [0.2, 0.25) is 29.5 Å². The van der Waals surface area contributed by atoms with E-state index in [0.717, 1.165) is 10.5 Å². The summed E-state index contributed by atoms with van der Waals surface area (Å²) in [7, 11) is 0. The summed E-state index contributed by atoms with van der Waals surface area (Å²) in [4.78, 5) is 73.7. The topological polar surface area (TPSA) is 151 Å². The number of likely N-dealkylation sites (tertiary alicyclic amines) is 1. The Morgan fingerprint density at radius 1 is 1.03 bits per heavy atom. The molecule has 1 aromatic rings. The number of hydrogen-bond acceptors (Lipinski definition) is 7. The van der Waals surface area contributed by atoms with Crippen LogP contribution in [0.25, 0.3) is 0 Å². The molecule has 0 saturated carbocycles. The summed E-state index contributed by atoms with van der Waals surface area (Å²) < 4.78 is 4.92. The predicted molar refractivity (Wildman–Crippen MR) is 130 cm³/mol. The maximum Gasteiger partial charge on any atom is 0.302 e. The fraction of sp³-hybridized carbons (Fsp3) is 0.520. The second-order valence-corrected chi connectivity index (χ2v) is 9.22. The molecule has 36 heavy (non-hydrogen) atoms. The molecule has 0 bridgehead atoms. The molecule has 0 aliphatic carbocycles. The fourth-order valence-electron chi connectivity index (χ4n) is 3.57. The number of amides is 5. The van der Waals surface area contributed by atoms with E-state index in [0.29, 0.717) is 5.69 Å². The van der Waals surface area contributed by atoms with Crippen molar-refractivity contribution in [1.82, 2.24) is 15.5 Å². The van der Waals surface area contributed by atoms with Gasteiger partial charge in [0.1, 0.15) is 18.7 Å². The molecule has 1 heterocycles. The van der Waals surface area contributed by atoms with Crippen molar-refractivity contribution in [3.05, 3.63) is 29.8 Å². The van der Waals surface area contributed by atoms with Gasteiger partial charge in [0.25, 0.3) is 0 Å². The zero-order chi connectivity index (χ0) is 27.0. The quantitative estimate of drug-likeness (QED) is 0.303. The zero-order valence-electron chi connectivity index (χ0n) is 21.3. The number of imide groups is 1. The number of esters is 1. The maximum absolute atomic E-state index is 12.8. The molecule has 3 atom stereocenters. The molecule has 0 aromatic heterocycles. The van der Waals surface area contributed by atoms with Crippen LogP contribution in [0.5, 0.6) is 0 Å². The molecule has 1 saturated heterocycles. The van der Waals surface area contributed by atoms with E-state index in [1.807, 2.05) is 0 Å². The summed E-state index contributed by atoms with van der Waals surface area (Å²) in [5, 5.41) is 7.93. The summed E-state index contributed by atoms with van der Waals surface area (Å²) in [5.74, 6) is -3.12. The number of nitrogens with zero attached hydrogens (tertiary/aromatic N) is 1. The Morgan fingerprint density at radius 3 is 2.19 bits per heavy atom. The van der Waals surface area contributed by atoms with Gasteiger partial charge >= 0.3 is 5.97 Å². The van der Waals surface area contributed by atoms with Crippen molar-refractivity contribution < 1.29 is 33.5 Å². The van der Waals surface area contributed by atoms with E-state index in [2.05, 4.69) is 16.0 Å². The average Bonchev–Trinajstić information content (AvgIpc) is 3.05. The Bertz CT molecular complexity index is 1010. The Kier molecular flexibility index (Phi) is 10.1. The summed E-state index contributed by atoms with van der Waals surface area (Å²) >= 11 is 0. The standard InChI is InChI=1S/C25H34N4O7/c1-14(2)22(28-20(31)10-11-29-21(32)12-15(3)25(29)35)24(34)26-16(4)23(33)27-19-8-6-18(7-9-19)13-36-17(5)30/h6-9,14-16,22H,10-13H2,1-5H3,(H,26,34)(H,27,33)(H,28,31). The molecule has 11 nitrogen and oxygen atoms in total. The molecule has 196 valence electrons. The van der Waals surface area contributed by atoms with Crippen LogP contribution in [0.4, 0.5) is 5.69 Å². The lowest BCUT2D eigenvalue weighted by Gasteiger charge is -2.24. The highest BCUT2D eigenvalue weighted by Crippen LogP contribution is 2.18. The molecule has 2 rings (SSSR count). The molecule has 1 aliphatic heterocycles. The number of hydrogen-bond donors (Lipinski definition) is 3. The van der Waals surface area contributed by atoms with Crippen LogP contribution < -0.4 is 16.0 Å². The fourth-order valence-corrected chi connectivity index (χ4v) is 3.57. The lowest BCUT2D eigenvalue weighted by atomic mass is 10.0. The van der Waals surface area contributed by atoms with Crippen LogP contribution in [0.2, 0.25) is 0 Å². The molecule has 0 radical (unpaired) electrons. The van der Waals surface area contributed by atoms with Gasteiger partial charge in [-0.1, -0.05) is 32.9 Å². The monoisotopic (exact) mass is 502 g/mol. The Morgan fingerprint density at radius 2 is 1.67 bits per heavy atom. The van der Waals surface area contributed by atoms with Crippen LogP contribution in [-0.2, 0) is 40.1 Å². The molecule has 1 aromatic carbocycles. The van der Waals surface area contributed by atoms with Crippen molar-refractivity contribution in [3.63, 3.8) is 0 Å². The molecule has 0 spiro atoms. The van der Waals surface area contributed by atoms with Crippen LogP contribution in [-0.4, -0.2) is 59.0 Å². The van der Waals surface area contributed by atoms with Gasteiger partial charge in [-0.25, -0.2) is 0 Å². The third-order valence-electron chi connectivity index (χ3n) is 5.71. The number of nitrogens with one attached hydrogen (secondary N) is 3. The zero-order valence-corrected chi connectivity index (χ0v) is 21.3. The average molecular weight is 503 g/mol. The van der Waals surface area contributed by atoms with E-state index in [-0.39, 0.29) is 55.6 Å². The normalized spacial score (nSPS) is 16.9. The maximum atomic E-state index is 12.8. The largest absolute Gasteiger partial charge is 0.461 e. The van der Waals surface area contributed by atoms with E-state index in [4.69, 9.17) is 4.74 Å². The van der Waals surface area contributed by atoms with E-state index in [9.17, 15) is 28.8 Å². The van der Waals surface area contributed by atoms with Gasteiger partial charge in [-0.3, -0.25) is 33.7 Å². The Balaban J connectivity index is 1.87. The molecular formula is C25H34N4O7. The Labute approximate surface area is 210 Å². The molecule has 5 amide bonds. The van der Waals surface area contributed by atoms with E-state index in [1.54, 1.807) is 45.0 Å². The minimum Gasteiger partial charge on any atom is -0.461 e. The third-order valence-corrected chi connectivity index (χ3v) is 5.71. The minimum atomic E-state index is -0.905. The number of carbonyl (C=O) groups excluding carboxylic acids is 6. The van der Waals surface area contributed by atoms with E-state index in [1.165, 1.54) is 13.8 Å². The number of anilines is 1. The first kappa shape index (κ1) is 28.5. The van der Waals surface area contributed by atoms with Gasteiger partial charge in [0.05, 0.1) is 0 Å². The van der Waals surface area contributed by atoms with Crippen molar-refractivity contribution in [1.29, 1.82) is 0 Å². The van der Waals surface area contributed by atoms with Crippen molar-refractivity contribution in [2.75, 3.05) is 11.9 Å². The smallest absolute Gasteiger partial charge is 0.302 e. The van der Waals surface area contributed by atoms with Gasteiger partial charge in [-0.2, -0.15) is 0 Å². The van der Waals surface area contributed by atoms with Crippen LogP contribution in [0.3, 0.4) is 0 Å². The van der Waals surface area contributed by atoms with Gasteiger partial charge in [-0.15, -0.1) is 0 Å². The molecule has 1 fully saturated rings. The third kappa shape index (κ3) is 8.17. The summed E-state index contributed by atoms with van der Waals surface area (Å²) in [6, 6.07) is 4.92. The molecule has 3 unspecified atom stereocenters. The van der Waals surface area contributed by atoms with Crippen LogP contribution >= 0.6 is 0 Å². The number of ether oxygens (including phenoxy) is 1. The summed E-state index contributed by atoms with van der Waals surface area (Å²) in [6.07, 6.45) is 0.0139. The van der Waals surface area contributed by atoms with E-state index < -0.39 is 29.8 Å². The number of rotatable bonds is 11. The van der Waals surface area contributed by atoms with Crippen molar-refractivity contribution >= 4 is 41.2 Å². The molecule has 3 N–H and O–H groups in total. The lowest BCUT2D eigenvalue weighted by Crippen LogP contribution is -2.54. The molecule has 1 aliphatic rings. The van der Waals surface area contributed by atoms with Crippen molar-refractivity contribution in [3.8, 4) is 0 Å². The second kappa shape index (κ2) is 12.8. The number of carbonyl (C=O) groups is 6. The highest BCUT2D eigenvalue weighted by Gasteiger charge is 2.35. The van der Waals surface area contributed by atoms with E-state index >= 15 is 0 Å². The van der Waals surface area contributed by atoms with Gasteiger partial charge in [0, 0.05) is 37.9 Å². The van der Waals surface area contributed by atoms with Crippen LogP contribution in [0.1, 0.15) is 53.0 Å². The minimum absolute atomic E-state index is 0.0429. The summed E-state index contributed by atoms with van der Waals surface area (Å²) in [6.45, 7) is 8.09.